The molecule has 0 rings (SSSR count). The first-order chi connectivity index (χ1) is 4.76. The van der Waals surface area contributed by atoms with Gasteiger partial charge in [-0.15, -0.1) is 0 Å². The van der Waals surface area contributed by atoms with Gasteiger partial charge in [0.15, 0.2) is 0 Å². The summed E-state index contributed by atoms with van der Waals surface area (Å²) >= 11 is 1.41. The van der Waals surface area contributed by atoms with Gasteiger partial charge in [0.2, 0.25) is 0 Å². The second-order valence-electron chi connectivity index (χ2n) is 2.91. The third kappa shape index (κ3) is 3.61. The molecule has 0 aliphatic rings. The van der Waals surface area contributed by atoms with Crippen molar-refractivity contribution in [1.29, 1.82) is 0 Å². The van der Waals surface area contributed by atoms with Gasteiger partial charge in [-0.3, -0.25) is 0 Å². The summed E-state index contributed by atoms with van der Waals surface area (Å²) in [4.78, 5) is 0. The van der Waals surface area contributed by atoms with Crippen molar-refractivity contribution in [3.63, 3.8) is 0 Å². The quantitative estimate of drug-likeness (QED) is 0.587. The van der Waals surface area contributed by atoms with Crippen molar-refractivity contribution in [2.45, 2.75) is 46.5 Å². The van der Waals surface area contributed by atoms with Crippen molar-refractivity contribution >= 4 is 4.11 Å². The molecule has 0 nitrogen and oxygen atoms in total. The van der Waals surface area contributed by atoms with E-state index in [1.165, 1.54) is 43.5 Å². The molecule has 0 saturated carbocycles. The Morgan fingerprint density at radius 2 is 1.90 bits per heavy atom. The van der Waals surface area contributed by atoms with Crippen molar-refractivity contribution < 1.29 is 17.9 Å². The molecule has 10 heavy (non-hydrogen) atoms. The van der Waals surface area contributed by atoms with Gasteiger partial charge in [0.25, 0.3) is 0 Å². The van der Waals surface area contributed by atoms with E-state index in [4.69, 9.17) is 0 Å². The molecular formula is C9H18Zn. The van der Waals surface area contributed by atoms with Crippen LogP contribution < -0.4 is 0 Å². The molecule has 0 amide bonds. The zero-order chi connectivity index (χ0) is 7.98. The Bertz CT molecular complexity index is 96.9. The van der Waals surface area contributed by atoms with Crippen LogP contribution in [0.1, 0.15) is 46.5 Å². The average molecular weight is 192 g/mol. The van der Waals surface area contributed by atoms with E-state index in [0.29, 0.717) is 0 Å². The number of rotatable bonds is 5. The summed E-state index contributed by atoms with van der Waals surface area (Å²) in [6.07, 6.45) is 5.44. The maximum atomic E-state index is 2.31. The SMILES string of the molecule is CCCC(CC)[C](=[Zn])CC. The van der Waals surface area contributed by atoms with Crippen molar-refractivity contribution in [3.05, 3.63) is 0 Å². The summed E-state index contributed by atoms with van der Waals surface area (Å²) in [6, 6.07) is 0. The summed E-state index contributed by atoms with van der Waals surface area (Å²) in [7, 11) is 0. The summed E-state index contributed by atoms with van der Waals surface area (Å²) in [5.74, 6) is 0.954. The van der Waals surface area contributed by atoms with E-state index in [9.17, 15) is 0 Å². The van der Waals surface area contributed by atoms with Gasteiger partial charge in [0, 0.05) is 0 Å². The van der Waals surface area contributed by atoms with Crippen molar-refractivity contribution in [2.24, 2.45) is 5.92 Å². The molecule has 1 atom stereocenters. The fourth-order valence-electron chi connectivity index (χ4n) is 1.33. The van der Waals surface area contributed by atoms with E-state index < -0.39 is 0 Å². The number of hydrogen-bond donors (Lipinski definition) is 0. The fraction of sp³-hybridized carbons (Fsp3) is 0.889. The van der Waals surface area contributed by atoms with Crippen LogP contribution in [0.4, 0.5) is 0 Å². The Hall–Kier alpha value is 0.493. The summed E-state index contributed by atoms with van der Waals surface area (Å²) in [5.41, 5.74) is 0. The van der Waals surface area contributed by atoms with Crippen LogP contribution in [-0.2, 0) is 17.9 Å². The molecule has 0 radical (unpaired) electrons. The van der Waals surface area contributed by atoms with Crippen LogP contribution in [0.3, 0.4) is 0 Å². The molecule has 0 bridgehead atoms. The van der Waals surface area contributed by atoms with Crippen LogP contribution in [0.5, 0.6) is 0 Å². The molecule has 1 unspecified atom stereocenters. The van der Waals surface area contributed by atoms with Gasteiger partial charge in [0.1, 0.15) is 0 Å². The van der Waals surface area contributed by atoms with Crippen LogP contribution in [0.25, 0.3) is 0 Å². The summed E-state index contributed by atoms with van der Waals surface area (Å²) in [6.45, 7) is 6.88. The van der Waals surface area contributed by atoms with Gasteiger partial charge in [-0.05, 0) is 0 Å². The minimum atomic E-state index is 0.954. The third-order valence-electron chi connectivity index (χ3n) is 2.16. The predicted molar refractivity (Wildman–Crippen MR) is 44.0 cm³/mol. The van der Waals surface area contributed by atoms with Gasteiger partial charge in [0.05, 0.1) is 0 Å². The van der Waals surface area contributed by atoms with Crippen LogP contribution >= 0.6 is 0 Å². The fourth-order valence-corrected chi connectivity index (χ4v) is 2.37. The molecule has 0 saturated heterocycles. The molecule has 0 heterocycles. The van der Waals surface area contributed by atoms with E-state index in [2.05, 4.69) is 20.8 Å². The topological polar surface area (TPSA) is 0 Å². The first kappa shape index (κ1) is 10.5. The van der Waals surface area contributed by atoms with E-state index in [-0.39, 0.29) is 0 Å². The van der Waals surface area contributed by atoms with E-state index in [1.54, 1.807) is 0 Å². The van der Waals surface area contributed by atoms with Crippen LogP contribution in [0.15, 0.2) is 0 Å². The van der Waals surface area contributed by atoms with Crippen molar-refractivity contribution in [2.75, 3.05) is 0 Å². The Morgan fingerprint density at radius 1 is 1.30 bits per heavy atom. The Balaban J connectivity index is 3.68. The molecule has 0 aliphatic heterocycles. The molecule has 0 aromatic rings. The van der Waals surface area contributed by atoms with Crippen molar-refractivity contribution in [1.82, 2.24) is 0 Å². The second kappa shape index (κ2) is 6.22. The van der Waals surface area contributed by atoms with Gasteiger partial charge in [-0.1, -0.05) is 0 Å². The normalized spacial score (nSPS) is 13.3. The standard InChI is InChI=1S/C9H18.Zn/c1-4-7-9(6-3)8-5-2;/h9H,4-7H2,1-3H3;. The summed E-state index contributed by atoms with van der Waals surface area (Å²) < 4.78 is 1.81. The molecule has 0 N–H and O–H groups in total. The maximum absolute atomic E-state index is 2.31. The summed E-state index contributed by atoms with van der Waals surface area (Å²) in [5, 5.41) is 0. The van der Waals surface area contributed by atoms with E-state index >= 15 is 0 Å². The monoisotopic (exact) mass is 190 g/mol. The van der Waals surface area contributed by atoms with Gasteiger partial charge in [-0.25, -0.2) is 0 Å². The minimum absolute atomic E-state index is 0.954. The van der Waals surface area contributed by atoms with Gasteiger partial charge in [-0.2, -0.15) is 0 Å². The second-order valence-corrected chi connectivity index (χ2v) is 4.81. The molecule has 0 aromatic carbocycles. The Morgan fingerprint density at radius 3 is 2.20 bits per heavy atom. The molecule has 0 aromatic heterocycles. The van der Waals surface area contributed by atoms with Crippen LogP contribution in [0, 0.1) is 5.92 Å². The van der Waals surface area contributed by atoms with Crippen molar-refractivity contribution in [3.8, 4) is 0 Å². The zero-order valence-corrected chi connectivity index (χ0v) is 10.6. The number of hydrogen-bond acceptors (Lipinski definition) is 0. The molecule has 1 heteroatoms. The molecular weight excluding hydrogens is 173 g/mol. The average Bonchev–Trinajstić information content (AvgIpc) is 1.99. The molecule has 0 fully saturated rings. The van der Waals surface area contributed by atoms with Gasteiger partial charge >= 0.3 is 74.3 Å². The Kier molecular flexibility index (Phi) is 6.53. The first-order valence-corrected chi connectivity index (χ1v) is 5.92. The van der Waals surface area contributed by atoms with Crippen LogP contribution in [-0.4, -0.2) is 4.11 Å². The molecule has 56 valence electrons. The first-order valence-electron chi connectivity index (χ1n) is 4.43. The zero-order valence-electron chi connectivity index (χ0n) is 7.61. The Labute approximate surface area is 74.6 Å². The van der Waals surface area contributed by atoms with Gasteiger partial charge < -0.3 is 0 Å². The molecule has 0 aliphatic carbocycles. The molecule has 0 spiro atoms. The van der Waals surface area contributed by atoms with Crippen LogP contribution in [0.2, 0.25) is 0 Å². The van der Waals surface area contributed by atoms with E-state index in [1.807, 2.05) is 4.11 Å². The predicted octanol–water partition coefficient (Wildman–Crippen LogP) is 2.94. The third-order valence-corrected chi connectivity index (χ3v) is 4.42. The van der Waals surface area contributed by atoms with E-state index in [0.717, 1.165) is 5.92 Å².